The molecule has 0 saturated heterocycles. The number of nitrogens with zero attached hydrogens (tertiary/aromatic N) is 3. The van der Waals surface area contributed by atoms with Gasteiger partial charge in [0, 0.05) is 25.2 Å². The molecule has 7 nitrogen and oxygen atoms in total. The SMILES string of the molecule is COc1ccccc1[C@@H](CNC(=O)c1ccc(=O)n(C)n1)N(C)C. The highest BCUT2D eigenvalue weighted by atomic mass is 16.5. The van der Waals surface area contributed by atoms with Crippen LogP contribution < -0.4 is 15.6 Å². The van der Waals surface area contributed by atoms with Gasteiger partial charge in [0.05, 0.1) is 13.2 Å². The second kappa shape index (κ2) is 7.74. The van der Waals surface area contributed by atoms with Crippen LogP contribution in [-0.2, 0) is 7.05 Å². The van der Waals surface area contributed by atoms with Crippen molar-refractivity contribution in [1.29, 1.82) is 0 Å². The summed E-state index contributed by atoms with van der Waals surface area (Å²) in [5.74, 6) is 0.443. The van der Waals surface area contributed by atoms with Crippen LogP contribution in [0.5, 0.6) is 5.75 Å². The molecule has 0 fully saturated rings. The van der Waals surface area contributed by atoms with Crippen LogP contribution in [-0.4, -0.2) is 48.3 Å². The zero-order chi connectivity index (χ0) is 17.7. The van der Waals surface area contributed by atoms with Crippen molar-refractivity contribution in [3.8, 4) is 5.75 Å². The number of benzene rings is 1. The Hall–Kier alpha value is -2.67. The topological polar surface area (TPSA) is 76.5 Å². The lowest BCUT2D eigenvalue weighted by atomic mass is 10.0. The molecule has 0 spiro atoms. The molecule has 7 heteroatoms. The first-order valence-corrected chi connectivity index (χ1v) is 7.56. The number of hydrogen-bond donors (Lipinski definition) is 1. The van der Waals surface area contributed by atoms with Gasteiger partial charge in [0.2, 0.25) is 0 Å². The third kappa shape index (κ3) is 3.99. The molecule has 2 rings (SSSR count). The number of aromatic nitrogens is 2. The Morgan fingerprint density at radius 1 is 1.29 bits per heavy atom. The Morgan fingerprint density at radius 2 is 2.00 bits per heavy atom. The minimum atomic E-state index is -0.327. The van der Waals surface area contributed by atoms with E-state index < -0.39 is 0 Å². The molecule has 24 heavy (non-hydrogen) atoms. The fraction of sp³-hybridized carbons (Fsp3) is 0.353. The Bertz CT molecular complexity index is 770. The molecule has 0 aliphatic carbocycles. The third-order valence-corrected chi connectivity index (χ3v) is 3.77. The summed E-state index contributed by atoms with van der Waals surface area (Å²) in [6.07, 6.45) is 0. The molecule has 2 aromatic rings. The summed E-state index contributed by atoms with van der Waals surface area (Å²) in [4.78, 5) is 25.6. The van der Waals surface area contributed by atoms with Crippen molar-refractivity contribution in [2.75, 3.05) is 27.7 Å². The zero-order valence-electron chi connectivity index (χ0n) is 14.3. The lowest BCUT2D eigenvalue weighted by Crippen LogP contribution is -2.36. The number of rotatable bonds is 6. The average Bonchev–Trinajstić information content (AvgIpc) is 2.57. The minimum Gasteiger partial charge on any atom is -0.496 e. The lowest BCUT2D eigenvalue weighted by molar-refractivity contribution is 0.0934. The molecule has 0 radical (unpaired) electrons. The van der Waals surface area contributed by atoms with Gasteiger partial charge in [-0.05, 0) is 26.2 Å². The van der Waals surface area contributed by atoms with Crippen molar-refractivity contribution in [2.24, 2.45) is 7.05 Å². The molecule has 0 aliphatic heterocycles. The number of nitrogens with one attached hydrogen (secondary N) is 1. The van der Waals surface area contributed by atoms with E-state index in [1.165, 1.54) is 19.2 Å². The van der Waals surface area contributed by atoms with E-state index in [4.69, 9.17) is 4.74 Å². The first-order valence-electron chi connectivity index (χ1n) is 7.56. The van der Waals surface area contributed by atoms with E-state index in [-0.39, 0.29) is 23.2 Å². The molecule has 128 valence electrons. The van der Waals surface area contributed by atoms with Gasteiger partial charge in [0.25, 0.3) is 11.5 Å². The molecule has 1 atom stereocenters. The molecule has 1 N–H and O–H groups in total. The van der Waals surface area contributed by atoms with Gasteiger partial charge in [0.1, 0.15) is 11.4 Å². The Balaban J connectivity index is 2.15. The van der Waals surface area contributed by atoms with E-state index in [1.807, 2.05) is 43.3 Å². The number of para-hydroxylation sites is 1. The number of aryl methyl sites for hydroxylation is 1. The number of methoxy groups -OCH3 is 1. The second-order valence-corrected chi connectivity index (χ2v) is 5.61. The van der Waals surface area contributed by atoms with Crippen LogP contribution >= 0.6 is 0 Å². The smallest absolute Gasteiger partial charge is 0.271 e. The van der Waals surface area contributed by atoms with E-state index in [9.17, 15) is 9.59 Å². The molecular weight excluding hydrogens is 308 g/mol. The van der Waals surface area contributed by atoms with Crippen LogP contribution in [0.4, 0.5) is 0 Å². The van der Waals surface area contributed by atoms with Gasteiger partial charge in [-0.2, -0.15) is 5.10 Å². The molecule has 0 bridgehead atoms. The quantitative estimate of drug-likeness (QED) is 0.849. The number of likely N-dealkylation sites (N-methyl/N-ethyl adjacent to an activating group) is 1. The molecule has 1 aromatic heterocycles. The molecular formula is C17H22N4O3. The molecule has 0 saturated carbocycles. The normalized spacial score (nSPS) is 12.0. The predicted molar refractivity (Wildman–Crippen MR) is 91.2 cm³/mol. The van der Waals surface area contributed by atoms with Crippen molar-refractivity contribution in [1.82, 2.24) is 20.0 Å². The van der Waals surface area contributed by atoms with Crippen molar-refractivity contribution in [3.05, 3.63) is 58.0 Å². The maximum absolute atomic E-state index is 12.3. The number of amides is 1. The van der Waals surface area contributed by atoms with Crippen LogP contribution in [0.2, 0.25) is 0 Å². The first-order chi connectivity index (χ1) is 11.4. The van der Waals surface area contributed by atoms with E-state index in [0.29, 0.717) is 6.54 Å². The maximum atomic E-state index is 12.3. The van der Waals surface area contributed by atoms with Gasteiger partial charge in [-0.3, -0.25) is 9.59 Å². The number of hydrogen-bond acceptors (Lipinski definition) is 5. The number of ether oxygens (including phenoxy) is 1. The minimum absolute atomic E-state index is 0.0577. The lowest BCUT2D eigenvalue weighted by Gasteiger charge is -2.26. The summed E-state index contributed by atoms with van der Waals surface area (Å²) >= 11 is 0. The van der Waals surface area contributed by atoms with Gasteiger partial charge in [-0.15, -0.1) is 0 Å². The van der Waals surface area contributed by atoms with Crippen molar-refractivity contribution in [2.45, 2.75) is 6.04 Å². The van der Waals surface area contributed by atoms with Crippen LogP contribution in [0, 0.1) is 0 Å². The third-order valence-electron chi connectivity index (χ3n) is 3.77. The number of carbonyl (C=O) groups excluding carboxylic acids is 1. The van der Waals surface area contributed by atoms with Gasteiger partial charge < -0.3 is 15.0 Å². The summed E-state index contributed by atoms with van der Waals surface area (Å²) in [5.41, 5.74) is 0.931. The van der Waals surface area contributed by atoms with Gasteiger partial charge >= 0.3 is 0 Å². The summed E-state index contributed by atoms with van der Waals surface area (Å²) < 4.78 is 6.54. The highest BCUT2D eigenvalue weighted by Crippen LogP contribution is 2.27. The Morgan fingerprint density at radius 3 is 2.62 bits per heavy atom. The molecule has 0 aliphatic rings. The highest BCUT2D eigenvalue weighted by molar-refractivity contribution is 5.92. The van der Waals surface area contributed by atoms with Crippen LogP contribution in [0.3, 0.4) is 0 Å². The summed E-state index contributed by atoms with van der Waals surface area (Å²) in [6.45, 7) is 0.386. The predicted octanol–water partition coefficient (Wildman–Crippen LogP) is 0.822. The van der Waals surface area contributed by atoms with E-state index in [2.05, 4.69) is 10.4 Å². The van der Waals surface area contributed by atoms with Crippen molar-refractivity contribution >= 4 is 5.91 Å². The fourth-order valence-corrected chi connectivity index (χ4v) is 2.42. The molecule has 1 amide bonds. The second-order valence-electron chi connectivity index (χ2n) is 5.61. The maximum Gasteiger partial charge on any atom is 0.271 e. The van der Waals surface area contributed by atoms with Gasteiger partial charge in [-0.25, -0.2) is 4.68 Å². The summed E-state index contributed by atoms with van der Waals surface area (Å²) in [6, 6.07) is 10.4. The van der Waals surface area contributed by atoms with Crippen molar-refractivity contribution in [3.63, 3.8) is 0 Å². The number of carbonyl (C=O) groups is 1. The average molecular weight is 330 g/mol. The van der Waals surface area contributed by atoms with Gasteiger partial charge in [-0.1, -0.05) is 18.2 Å². The van der Waals surface area contributed by atoms with Crippen LogP contribution in [0.1, 0.15) is 22.1 Å². The Labute approximate surface area is 140 Å². The zero-order valence-corrected chi connectivity index (χ0v) is 14.3. The van der Waals surface area contributed by atoms with Crippen LogP contribution in [0.25, 0.3) is 0 Å². The monoisotopic (exact) mass is 330 g/mol. The fourth-order valence-electron chi connectivity index (χ4n) is 2.42. The van der Waals surface area contributed by atoms with Gasteiger partial charge in [0.15, 0.2) is 0 Å². The standard InChI is InChI=1S/C17H22N4O3/c1-20(2)14(12-7-5-6-8-15(12)24-4)11-18-17(23)13-9-10-16(22)21(3)19-13/h5-10,14H,11H2,1-4H3,(H,18,23)/t14-/m1/s1. The van der Waals surface area contributed by atoms with E-state index in [0.717, 1.165) is 16.0 Å². The summed E-state index contributed by atoms with van der Waals surface area (Å²) in [5, 5.41) is 6.82. The largest absolute Gasteiger partial charge is 0.496 e. The highest BCUT2D eigenvalue weighted by Gasteiger charge is 2.19. The molecule has 1 heterocycles. The molecule has 0 unspecified atom stereocenters. The van der Waals surface area contributed by atoms with Crippen molar-refractivity contribution < 1.29 is 9.53 Å². The van der Waals surface area contributed by atoms with E-state index in [1.54, 1.807) is 7.11 Å². The molecule has 1 aromatic carbocycles. The summed E-state index contributed by atoms with van der Waals surface area (Å²) in [7, 11) is 7.01. The van der Waals surface area contributed by atoms with E-state index >= 15 is 0 Å². The Kier molecular flexibility index (Phi) is 5.70. The van der Waals surface area contributed by atoms with Crippen LogP contribution in [0.15, 0.2) is 41.2 Å². The first kappa shape index (κ1) is 17.7.